The summed E-state index contributed by atoms with van der Waals surface area (Å²) in [6.07, 6.45) is 1.86. The minimum Gasteiger partial charge on any atom is -0.392 e. The van der Waals surface area contributed by atoms with E-state index >= 15 is 0 Å². The van der Waals surface area contributed by atoms with E-state index in [4.69, 9.17) is 4.74 Å². The second-order valence-electron chi connectivity index (χ2n) is 6.82. The molecule has 3 atom stereocenters. The molecule has 5 heteroatoms. The molecule has 0 aromatic rings. The van der Waals surface area contributed by atoms with Gasteiger partial charge in [-0.2, -0.15) is 0 Å². The standard InChI is InChI=1S/C15H31N3O2/c1-4-16-10-15(5-6-20-12-15)11-18-9-14(19)7-13(18)8-17(2)3/h13-14,16,19H,4-12H2,1-3H3. The Morgan fingerprint density at radius 2 is 2.25 bits per heavy atom. The van der Waals surface area contributed by atoms with Crippen molar-refractivity contribution < 1.29 is 9.84 Å². The topological polar surface area (TPSA) is 48.0 Å². The Bertz CT molecular complexity index is 293. The summed E-state index contributed by atoms with van der Waals surface area (Å²) in [5.41, 5.74) is 0.227. The molecule has 118 valence electrons. The Hall–Kier alpha value is -0.200. The van der Waals surface area contributed by atoms with Crippen LogP contribution in [-0.4, -0.2) is 87.1 Å². The predicted molar refractivity (Wildman–Crippen MR) is 81.0 cm³/mol. The van der Waals surface area contributed by atoms with E-state index in [2.05, 4.69) is 36.1 Å². The molecule has 2 aliphatic rings. The monoisotopic (exact) mass is 285 g/mol. The number of β-amino-alcohol motifs (C(OH)–C–C–N with tert-alkyl or cyclic N) is 1. The van der Waals surface area contributed by atoms with E-state index in [1.165, 1.54) is 0 Å². The third kappa shape index (κ3) is 4.15. The lowest BCUT2D eigenvalue weighted by Gasteiger charge is -2.36. The van der Waals surface area contributed by atoms with Crippen molar-refractivity contribution in [3.05, 3.63) is 0 Å². The van der Waals surface area contributed by atoms with Gasteiger partial charge in [-0.15, -0.1) is 0 Å². The second kappa shape index (κ2) is 7.18. The smallest absolute Gasteiger partial charge is 0.0682 e. The van der Waals surface area contributed by atoms with E-state index in [0.717, 1.165) is 58.8 Å². The first-order valence-corrected chi connectivity index (χ1v) is 7.90. The first-order valence-electron chi connectivity index (χ1n) is 7.90. The van der Waals surface area contributed by atoms with E-state index in [-0.39, 0.29) is 11.5 Å². The minimum absolute atomic E-state index is 0.168. The van der Waals surface area contributed by atoms with Gasteiger partial charge < -0.3 is 20.1 Å². The maximum Gasteiger partial charge on any atom is 0.0682 e. The van der Waals surface area contributed by atoms with Crippen molar-refractivity contribution in [2.45, 2.75) is 31.9 Å². The zero-order chi connectivity index (χ0) is 14.6. The summed E-state index contributed by atoms with van der Waals surface area (Å²) in [6.45, 7) is 8.77. The van der Waals surface area contributed by atoms with Gasteiger partial charge >= 0.3 is 0 Å². The van der Waals surface area contributed by atoms with Gasteiger partial charge in [-0.25, -0.2) is 0 Å². The van der Waals surface area contributed by atoms with Crippen LogP contribution in [-0.2, 0) is 4.74 Å². The summed E-state index contributed by atoms with van der Waals surface area (Å²) in [5, 5.41) is 13.5. The average Bonchev–Trinajstić information content (AvgIpc) is 2.95. The minimum atomic E-state index is -0.168. The van der Waals surface area contributed by atoms with Crippen LogP contribution in [0.25, 0.3) is 0 Å². The molecule has 2 heterocycles. The van der Waals surface area contributed by atoms with Crippen LogP contribution in [0.1, 0.15) is 19.8 Å². The average molecular weight is 285 g/mol. The highest BCUT2D eigenvalue weighted by atomic mass is 16.5. The van der Waals surface area contributed by atoms with Crippen LogP contribution in [0.4, 0.5) is 0 Å². The molecule has 2 rings (SSSR count). The highest BCUT2D eigenvalue weighted by Gasteiger charge is 2.40. The molecular weight excluding hydrogens is 254 g/mol. The molecule has 2 saturated heterocycles. The summed E-state index contributed by atoms with van der Waals surface area (Å²) in [5.74, 6) is 0. The number of nitrogens with zero attached hydrogens (tertiary/aromatic N) is 2. The molecule has 0 spiro atoms. The Morgan fingerprint density at radius 3 is 2.85 bits per heavy atom. The zero-order valence-electron chi connectivity index (χ0n) is 13.3. The fourth-order valence-electron chi connectivity index (χ4n) is 3.55. The molecule has 0 aromatic carbocycles. The Morgan fingerprint density at radius 1 is 1.45 bits per heavy atom. The van der Waals surface area contributed by atoms with Gasteiger partial charge in [0, 0.05) is 44.2 Å². The van der Waals surface area contributed by atoms with Crippen LogP contribution >= 0.6 is 0 Å². The van der Waals surface area contributed by atoms with Crippen molar-refractivity contribution in [1.82, 2.24) is 15.1 Å². The summed E-state index contributed by atoms with van der Waals surface area (Å²) >= 11 is 0. The SMILES string of the molecule is CCNCC1(CN2CC(O)CC2CN(C)C)CCOC1. The third-order valence-electron chi connectivity index (χ3n) is 4.56. The van der Waals surface area contributed by atoms with Gasteiger partial charge in [0.05, 0.1) is 12.7 Å². The van der Waals surface area contributed by atoms with Crippen molar-refractivity contribution in [1.29, 1.82) is 0 Å². The summed E-state index contributed by atoms with van der Waals surface area (Å²) in [4.78, 5) is 4.70. The number of likely N-dealkylation sites (tertiary alicyclic amines) is 1. The van der Waals surface area contributed by atoms with E-state index in [9.17, 15) is 5.11 Å². The molecule has 0 bridgehead atoms. The van der Waals surface area contributed by atoms with E-state index < -0.39 is 0 Å². The lowest BCUT2D eigenvalue weighted by atomic mass is 9.86. The number of aliphatic hydroxyl groups excluding tert-OH is 1. The number of hydrogen-bond donors (Lipinski definition) is 2. The number of ether oxygens (including phenoxy) is 1. The molecule has 5 nitrogen and oxygen atoms in total. The highest BCUT2D eigenvalue weighted by molar-refractivity contribution is 4.94. The zero-order valence-corrected chi connectivity index (χ0v) is 13.3. The fourth-order valence-corrected chi connectivity index (χ4v) is 3.55. The largest absolute Gasteiger partial charge is 0.392 e. The number of nitrogens with one attached hydrogen (secondary N) is 1. The van der Waals surface area contributed by atoms with Crippen LogP contribution in [0.5, 0.6) is 0 Å². The van der Waals surface area contributed by atoms with Gasteiger partial charge in [-0.3, -0.25) is 4.90 Å². The van der Waals surface area contributed by atoms with Crippen molar-refractivity contribution >= 4 is 0 Å². The normalized spacial score (nSPS) is 35.2. The Labute approximate surface area is 123 Å². The molecule has 20 heavy (non-hydrogen) atoms. The lowest BCUT2D eigenvalue weighted by Crippen LogP contribution is -2.48. The molecule has 0 aromatic heterocycles. The molecule has 3 unspecified atom stereocenters. The lowest BCUT2D eigenvalue weighted by molar-refractivity contribution is 0.0903. The molecule has 0 amide bonds. The Balaban J connectivity index is 1.97. The first kappa shape index (κ1) is 16.2. The number of rotatable bonds is 7. The highest BCUT2D eigenvalue weighted by Crippen LogP contribution is 2.32. The maximum atomic E-state index is 10.0. The number of likely N-dealkylation sites (N-methyl/N-ethyl adjacent to an activating group) is 1. The molecule has 2 aliphatic heterocycles. The molecule has 0 saturated carbocycles. The fraction of sp³-hybridized carbons (Fsp3) is 1.00. The summed E-state index contributed by atoms with van der Waals surface area (Å²) < 4.78 is 5.67. The van der Waals surface area contributed by atoms with Crippen LogP contribution in [0, 0.1) is 5.41 Å². The van der Waals surface area contributed by atoms with E-state index in [1.807, 2.05) is 0 Å². The van der Waals surface area contributed by atoms with Crippen molar-refractivity contribution in [2.75, 3.05) is 60.0 Å². The van der Waals surface area contributed by atoms with Gasteiger partial charge in [-0.05, 0) is 33.5 Å². The quantitative estimate of drug-likeness (QED) is 0.689. The van der Waals surface area contributed by atoms with E-state index in [0.29, 0.717) is 6.04 Å². The second-order valence-corrected chi connectivity index (χ2v) is 6.82. The predicted octanol–water partition coefficient (Wildman–Crippen LogP) is -0.000600. The van der Waals surface area contributed by atoms with Gasteiger partial charge in [0.15, 0.2) is 0 Å². The van der Waals surface area contributed by atoms with Gasteiger partial charge in [-0.1, -0.05) is 6.92 Å². The molecule has 2 N–H and O–H groups in total. The maximum absolute atomic E-state index is 10.0. The van der Waals surface area contributed by atoms with Crippen molar-refractivity contribution in [2.24, 2.45) is 5.41 Å². The van der Waals surface area contributed by atoms with Gasteiger partial charge in [0.1, 0.15) is 0 Å². The molecule has 2 fully saturated rings. The molecule has 0 aliphatic carbocycles. The van der Waals surface area contributed by atoms with Crippen LogP contribution in [0.3, 0.4) is 0 Å². The number of hydrogen-bond acceptors (Lipinski definition) is 5. The van der Waals surface area contributed by atoms with Crippen LogP contribution < -0.4 is 5.32 Å². The van der Waals surface area contributed by atoms with Crippen molar-refractivity contribution in [3.8, 4) is 0 Å². The van der Waals surface area contributed by atoms with Crippen molar-refractivity contribution in [3.63, 3.8) is 0 Å². The first-order chi connectivity index (χ1) is 9.54. The molecule has 0 radical (unpaired) electrons. The summed E-state index contributed by atoms with van der Waals surface area (Å²) in [7, 11) is 4.21. The number of aliphatic hydroxyl groups is 1. The van der Waals surface area contributed by atoms with Gasteiger partial charge in [0.2, 0.25) is 0 Å². The molecular formula is C15H31N3O2. The van der Waals surface area contributed by atoms with Crippen LogP contribution in [0.2, 0.25) is 0 Å². The Kier molecular flexibility index (Phi) is 5.81. The van der Waals surface area contributed by atoms with Gasteiger partial charge in [0.25, 0.3) is 0 Å². The van der Waals surface area contributed by atoms with Crippen LogP contribution in [0.15, 0.2) is 0 Å². The van der Waals surface area contributed by atoms with E-state index in [1.54, 1.807) is 0 Å². The third-order valence-corrected chi connectivity index (χ3v) is 4.56. The summed E-state index contributed by atoms with van der Waals surface area (Å²) in [6, 6.07) is 0.471.